The summed E-state index contributed by atoms with van der Waals surface area (Å²) in [6.07, 6.45) is 1.28. The summed E-state index contributed by atoms with van der Waals surface area (Å²) in [6.45, 7) is 0. The molecule has 0 radical (unpaired) electrons. The van der Waals surface area contributed by atoms with Crippen molar-refractivity contribution in [3.8, 4) is 11.4 Å². The van der Waals surface area contributed by atoms with E-state index < -0.39 is 5.97 Å². The molecule has 15 heavy (non-hydrogen) atoms. The van der Waals surface area contributed by atoms with Gasteiger partial charge < -0.3 is 5.11 Å². The molecule has 0 fully saturated rings. The van der Waals surface area contributed by atoms with Gasteiger partial charge in [-0.15, -0.1) is 0 Å². The van der Waals surface area contributed by atoms with Crippen LogP contribution in [0.4, 0.5) is 0 Å². The van der Waals surface area contributed by atoms with Gasteiger partial charge in [0.2, 0.25) is 0 Å². The van der Waals surface area contributed by atoms with Crippen LogP contribution >= 0.6 is 15.9 Å². The van der Waals surface area contributed by atoms with Crippen molar-refractivity contribution in [2.75, 3.05) is 0 Å². The highest BCUT2D eigenvalue weighted by Gasteiger charge is 2.17. The van der Waals surface area contributed by atoms with E-state index in [1.807, 2.05) is 0 Å². The van der Waals surface area contributed by atoms with Crippen LogP contribution in [-0.2, 0) is 7.05 Å². The Balaban J connectivity index is 2.58. The second-order valence-corrected chi connectivity index (χ2v) is 3.75. The molecule has 7 heteroatoms. The van der Waals surface area contributed by atoms with Crippen molar-refractivity contribution in [3.63, 3.8) is 0 Å². The first-order valence-corrected chi connectivity index (χ1v) is 4.85. The van der Waals surface area contributed by atoms with Crippen LogP contribution in [0.1, 0.15) is 10.4 Å². The van der Waals surface area contributed by atoms with E-state index in [-0.39, 0.29) is 5.56 Å². The average Bonchev–Trinajstić information content (AvgIpc) is 2.71. The lowest BCUT2D eigenvalue weighted by Gasteiger charge is -1.99. The van der Waals surface area contributed by atoms with Crippen LogP contribution in [0.15, 0.2) is 16.9 Å². The van der Waals surface area contributed by atoms with Gasteiger partial charge in [-0.05, 0) is 15.9 Å². The quantitative estimate of drug-likeness (QED) is 0.861. The molecule has 78 valence electrons. The number of carbonyl (C=O) groups is 1. The zero-order chi connectivity index (χ0) is 11.0. The summed E-state index contributed by atoms with van der Waals surface area (Å²) in [4.78, 5) is 10.9. The van der Waals surface area contributed by atoms with Gasteiger partial charge in [-0.3, -0.25) is 9.78 Å². The molecule has 0 aromatic carbocycles. The Bertz CT molecular complexity index is 516. The van der Waals surface area contributed by atoms with Crippen LogP contribution in [0.3, 0.4) is 0 Å². The molecule has 0 aliphatic rings. The zero-order valence-corrected chi connectivity index (χ0v) is 9.32. The van der Waals surface area contributed by atoms with Crippen molar-refractivity contribution in [2.24, 2.45) is 7.05 Å². The Morgan fingerprint density at radius 2 is 2.40 bits per heavy atom. The van der Waals surface area contributed by atoms with E-state index in [2.05, 4.69) is 31.2 Å². The first-order chi connectivity index (χ1) is 7.09. The second-order valence-electron chi connectivity index (χ2n) is 2.94. The van der Waals surface area contributed by atoms with E-state index in [0.717, 1.165) is 0 Å². The molecule has 0 bridgehead atoms. The molecule has 2 heterocycles. The highest BCUT2D eigenvalue weighted by molar-refractivity contribution is 9.10. The predicted molar refractivity (Wildman–Crippen MR) is 55.4 cm³/mol. The molecular weight excluding hydrogens is 264 g/mol. The van der Waals surface area contributed by atoms with E-state index in [4.69, 9.17) is 5.11 Å². The molecule has 0 aliphatic heterocycles. The van der Waals surface area contributed by atoms with Gasteiger partial charge in [0.25, 0.3) is 0 Å². The third-order valence-electron chi connectivity index (χ3n) is 1.98. The lowest BCUT2D eigenvalue weighted by Crippen LogP contribution is -2.00. The summed E-state index contributed by atoms with van der Waals surface area (Å²) >= 11 is 3.22. The summed E-state index contributed by atoms with van der Waals surface area (Å²) in [7, 11) is 1.73. The van der Waals surface area contributed by atoms with Crippen molar-refractivity contribution < 1.29 is 9.90 Å². The number of aryl methyl sites for hydroxylation is 1. The minimum atomic E-state index is -1.02. The maximum absolute atomic E-state index is 10.9. The SMILES string of the molecule is Cn1nc(Br)cc1-c1[nH]ncc1C(=O)O. The monoisotopic (exact) mass is 270 g/mol. The number of halogens is 1. The van der Waals surface area contributed by atoms with Gasteiger partial charge in [-0.2, -0.15) is 10.2 Å². The van der Waals surface area contributed by atoms with Crippen molar-refractivity contribution in [1.29, 1.82) is 0 Å². The number of hydrogen-bond donors (Lipinski definition) is 2. The highest BCUT2D eigenvalue weighted by atomic mass is 79.9. The first-order valence-electron chi connectivity index (χ1n) is 4.06. The van der Waals surface area contributed by atoms with Crippen LogP contribution in [0.5, 0.6) is 0 Å². The van der Waals surface area contributed by atoms with Gasteiger partial charge in [0, 0.05) is 13.1 Å². The van der Waals surface area contributed by atoms with E-state index in [9.17, 15) is 4.79 Å². The van der Waals surface area contributed by atoms with Gasteiger partial charge >= 0.3 is 5.97 Å². The van der Waals surface area contributed by atoms with Gasteiger partial charge in [0.05, 0.1) is 17.6 Å². The molecule has 2 aromatic heterocycles. The third kappa shape index (κ3) is 1.65. The Kier molecular flexibility index (Phi) is 2.31. The fourth-order valence-corrected chi connectivity index (χ4v) is 1.76. The normalized spacial score (nSPS) is 10.5. The molecule has 0 amide bonds. The maximum Gasteiger partial charge on any atom is 0.339 e. The summed E-state index contributed by atoms with van der Waals surface area (Å²) < 4.78 is 2.22. The molecular formula is C8H7BrN4O2. The molecule has 0 saturated heterocycles. The Labute approximate surface area is 93.0 Å². The smallest absolute Gasteiger partial charge is 0.339 e. The molecule has 0 unspecified atom stereocenters. The van der Waals surface area contributed by atoms with Crippen molar-refractivity contribution >= 4 is 21.9 Å². The maximum atomic E-state index is 10.9. The topological polar surface area (TPSA) is 83.8 Å². The van der Waals surface area contributed by atoms with Crippen molar-refractivity contribution in [1.82, 2.24) is 20.0 Å². The largest absolute Gasteiger partial charge is 0.478 e. The molecule has 6 nitrogen and oxygen atoms in total. The van der Waals surface area contributed by atoms with Gasteiger partial charge in [-0.1, -0.05) is 0 Å². The molecule has 0 saturated carbocycles. The van der Waals surface area contributed by atoms with Crippen molar-refractivity contribution in [2.45, 2.75) is 0 Å². The van der Waals surface area contributed by atoms with Crippen LogP contribution in [0, 0.1) is 0 Å². The number of hydrogen-bond acceptors (Lipinski definition) is 3. The number of aromatic amines is 1. The number of nitrogens with zero attached hydrogens (tertiary/aromatic N) is 3. The average molecular weight is 271 g/mol. The number of aromatic nitrogens is 4. The molecule has 2 rings (SSSR count). The number of nitrogens with one attached hydrogen (secondary N) is 1. The van der Waals surface area contributed by atoms with E-state index in [0.29, 0.717) is 16.0 Å². The van der Waals surface area contributed by atoms with Crippen LogP contribution in [-0.4, -0.2) is 31.1 Å². The fraction of sp³-hybridized carbons (Fsp3) is 0.125. The lowest BCUT2D eigenvalue weighted by atomic mass is 10.2. The molecule has 2 aromatic rings. The highest BCUT2D eigenvalue weighted by Crippen LogP contribution is 2.23. The zero-order valence-electron chi connectivity index (χ0n) is 7.73. The van der Waals surface area contributed by atoms with Gasteiger partial charge in [-0.25, -0.2) is 4.79 Å². The Morgan fingerprint density at radius 3 is 2.93 bits per heavy atom. The lowest BCUT2D eigenvalue weighted by molar-refractivity contribution is 0.0698. The summed E-state index contributed by atoms with van der Waals surface area (Å²) in [5.41, 5.74) is 1.24. The number of H-pyrrole nitrogens is 1. The number of aromatic carboxylic acids is 1. The van der Waals surface area contributed by atoms with Gasteiger partial charge in [0.1, 0.15) is 10.2 Å². The van der Waals surface area contributed by atoms with Crippen LogP contribution in [0.2, 0.25) is 0 Å². The molecule has 0 spiro atoms. The van der Waals surface area contributed by atoms with Crippen molar-refractivity contribution in [3.05, 3.63) is 22.4 Å². The standard InChI is InChI=1S/C8H7BrN4O2/c1-13-5(2-6(9)12-13)7-4(8(14)15)3-10-11-7/h2-3H,1H3,(H,10,11)(H,14,15). The minimum absolute atomic E-state index is 0.130. The van der Waals surface area contributed by atoms with Crippen LogP contribution < -0.4 is 0 Å². The second kappa shape index (κ2) is 3.50. The third-order valence-corrected chi connectivity index (χ3v) is 2.36. The Morgan fingerprint density at radius 1 is 1.67 bits per heavy atom. The Hall–Kier alpha value is -1.63. The predicted octanol–water partition coefficient (Wildman–Crippen LogP) is 1.27. The molecule has 0 atom stereocenters. The molecule has 0 aliphatic carbocycles. The molecule has 2 N–H and O–H groups in total. The van der Waals surface area contributed by atoms with Gasteiger partial charge in [0.15, 0.2) is 0 Å². The van der Waals surface area contributed by atoms with Crippen LogP contribution in [0.25, 0.3) is 11.4 Å². The summed E-state index contributed by atoms with van der Waals surface area (Å²) in [5.74, 6) is -1.02. The first kappa shape index (κ1) is 9.91. The summed E-state index contributed by atoms with van der Waals surface area (Å²) in [6, 6.07) is 1.72. The van der Waals surface area contributed by atoms with E-state index in [1.54, 1.807) is 17.8 Å². The minimum Gasteiger partial charge on any atom is -0.478 e. The number of rotatable bonds is 2. The fourth-order valence-electron chi connectivity index (χ4n) is 1.31. The summed E-state index contributed by atoms with van der Waals surface area (Å²) in [5, 5.41) is 19.3. The van der Waals surface area contributed by atoms with E-state index in [1.165, 1.54) is 6.20 Å². The van der Waals surface area contributed by atoms with E-state index >= 15 is 0 Å². The number of carboxylic acids is 1. The number of carboxylic acid groups (broad SMARTS) is 1.